The standard InChI is InChI=1S/C14H20ClN3O.ClH/c1-10-5-6-12(15)13(8-10)17-14(19)18-7-3-2-4-11(18)9-16;/h5-6,8,11H,2-4,7,9,16H2,1H3,(H,17,19);1H. The Kier molecular flexibility index (Phi) is 6.59. The predicted octanol–water partition coefficient (Wildman–Crippen LogP) is 3.42. The van der Waals surface area contributed by atoms with E-state index in [-0.39, 0.29) is 24.5 Å². The van der Waals surface area contributed by atoms with E-state index in [4.69, 9.17) is 17.3 Å². The molecular formula is C14H21Cl2N3O. The SMILES string of the molecule is Cc1ccc(Cl)c(NC(=O)N2CCCCC2CN)c1.Cl. The van der Waals surface area contributed by atoms with Gasteiger partial charge in [0, 0.05) is 19.1 Å². The average molecular weight is 318 g/mol. The topological polar surface area (TPSA) is 58.4 Å². The minimum absolute atomic E-state index is 0. The first-order valence-corrected chi connectivity index (χ1v) is 7.03. The lowest BCUT2D eigenvalue weighted by Gasteiger charge is -2.35. The van der Waals surface area contributed by atoms with Crippen molar-refractivity contribution in [3.8, 4) is 0 Å². The zero-order valence-electron chi connectivity index (χ0n) is 11.6. The maximum Gasteiger partial charge on any atom is 0.322 e. The molecule has 0 radical (unpaired) electrons. The van der Waals surface area contributed by atoms with E-state index in [2.05, 4.69) is 5.32 Å². The first-order valence-electron chi connectivity index (χ1n) is 6.65. The van der Waals surface area contributed by atoms with Crippen molar-refractivity contribution in [2.45, 2.75) is 32.2 Å². The second kappa shape index (κ2) is 7.72. The molecular weight excluding hydrogens is 297 g/mol. The maximum absolute atomic E-state index is 12.3. The highest BCUT2D eigenvalue weighted by molar-refractivity contribution is 6.33. The Morgan fingerprint density at radius 1 is 1.50 bits per heavy atom. The van der Waals surface area contributed by atoms with Gasteiger partial charge in [0.2, 0.25) is 0 Å². The van der Waals surface area contributed by atoms with Gasteiger partial charge in [-0.1, -0.05) is 17.7 Å². The predicted molar refractivity (Wildman–Crippen MR) is 85.9 cm³/mol. The number of carbonyl (C=O) groups excluding carboxylic acids is 1. The van der Waals surface area contributed by atoms with E-state index in [0.29, 0.717) is 17.3 Å². The molecule has 1 unspecified atom stereocenters. The maximum atomic E-state index is 12.3. The van der Waals surface area contributed by atoms with Gasteiger partial charge in [-0.2, -0.15) is 0 Å². The number of amides is 2. The molecule has 1 aliphatic rings. The minimum atomic E-state index is -0.109. The first-order chi connectivity index (χ1) is 9.11. The molecule has 1 atom stereocenters. The number of aryl methyl sites for hydroxylation is 1. The Hall–Kier alpha value is -0.970. The summed E-state index contributed by atoms with van der Waals surface area (Å²) in [5.74, 6) is 0. The van der Waals surface area contributed by atoms with Crippen LogP contribution in [0, 0.1) is 6.92 Å². The fourth-order valence-corrected chi connectivity index (χ4v) is 2.60. The Bertz CT molecular complexity index is 468. The van der Waals surface area contributed by atoms with E-state index in [1.54, 1.807) is 6.07 Å². The highest BCUT2D eigenvalue weighted by Gasteiger charge is 2.25. The second-order valence-electron chi connectivity index (χ2n) is 4.99. The summed E-state index contributed by atoms with van der Waals surface area (Å²) in [6.07, 6.45) is 3.15. The number of nitrogens with two attached hydrogens (primary N) is 1. The molecule has 112 valence electrons. The molecule has 0 bridgehead atoms. The first kappa shape index (κ1) is 17.1. The van der Waals surface area contributed by atoms with Gasteiger partial charge in [0.25, 0.3) is 0 Å². The summed E-state index contributed by atoms with van der Waals surface area (Å²) in [5, 5.41) is 3.44. The van der Waals surface area contributed by atoms with E-state index in [0.717, 1.165) is 31.4 Å². The van der Waals surface area contributed by atoms with Gasteiger partial charge >= 0.3 is 6.03 Å². The number of hydrogen-bond acceptors (Lipinski definition) is 2. The Morgan fingerprint density at radius 3 is 2.95 bits per heavy atom. The summed E-state index contributed by atoms with van der Waals surface area (Å²) >= 11 is 6.09. The van der Waals surface area contributed by atoms with E-state index in [1.807, 2.05) is 24.0 Å². The lowest BCUT2D eigenvalue weighted by molar-refractivity contribution is 0.166. The van der Waals surface area contributed by atoms with Crippen molar-refractivity contribution in [3.63, 3.8) is 0 Å². The summed E-state index contributed by atoms with van der Waals surface area (Å²) in [7, 11) is 0. The van der Waals surface area contributed by atoms with Crippen LogP contribution in [0.15, 0.2) is 18.2 Å². The van der Waals surface area contributed by atoms with Crippen LogP contribution in [0.3, 0.4) is 0 Å². The molecule has 1 aromatic rings. The summed E-state index contributed by atoms with van der Waals surface area (Å²) in [5.41, 5.74) is 7.45. The second-order valence-corrected chi connectivity index (χ2v) is 5.40. The van der Waals surface area contributed by atoms with Crippen molar-refractivity contribution in [1.82, 2.24) is 4.90 Å². The highest BCUT2D eigenvalue weighted by Crippen LogP contribution is 2.24. The van der Waals surface area contributed by atoms with Crippen LogP contribution in [-0.4, -0.2) is 30.1 Å². The van der Waals surface area contributed by atoms with Gasteiger partial charge in [-0.3, -0.25) is 0 Å². The number of anilines is 1. The van der Waals surface area contributed by atoms with Crippen molar-refractivity contribution in [1.29, 1.82) is 0 Å². The highest BCUT2D eigenvalue weighted by atomic mass is 35.5. The van der Waals surface area contributed by atoms with Crippen LogP contribution in [0.1, 0.15) is 24.8 Å². The lowest BCUT2D eigenvalue weighted by atomic mass is 10.0. The smallest absolute Gasteiger partial charge is 0.322 e. The Morgan fingerprint density at radius 2 is 2.25 bits per heavy atom. The number of likely N-dealkylation sites (tertiary alicyclic amines) is 1. The van der Waals surface area contributed by atoms with Crippen LogP contribution in [-0.2, 0) is 0 Å². The number of benzene rings is 1. The van der Waals surface area contributed by atoms with Crippen molar-refractivity contribution >= 4 is 35.7 Å². The molecule has 3 N–H and O–H groups in total. The molecule has 0 saturated carbocycles. The molecule has 0 spiro atoms. The van der Waals surface area contributed by atoms with Crippen molar-refractivity contribution in [3.05, 3.63) is 28.8 Å². The van der Waals surface area contributed by atoms with E-state index in [9.17, 15) is 4.79 Å². The van der Waals surface area contributed by atoms with Crippen molar-refractivity contribution < 1.29 is 4.79 Å². The fourth-order valence-electron chi connectivity index (χ4n) is 2.43. The largest absolute Gasteiger partial charge is 0.328 e. The summed E-state index contributed by atoms with van der Waals surface area (Å²) in [6.45, 7) is 3.24. The molecule has 0 aliphatic carbocycles. The molecule has 6 heteroatoms. The van der Waals surface area contributed by atoms with Gasteiger partial charge in [0.15, 0.2) is 0 Å². The van der Waals surface area contributed by atoms with Crippen molar-refractivity contribution in [2.24, 2.45) is 5.73 Å². The molecule has 2 amide bonds. The third-order valence-electron chi connectivity index (χ3n) is 3.52. The van der Waals surface area contributed by atoms with Gasteiger partial charge in [0.05, 0.1) is 10.7 Å². The molecule has 1 saturated heterocycles. The van der Waals surface area contributed by atoms with Crippen LogP contribution < -0.4 is 11.1 Å². The number of nitrogens with one attached hydrogen (secondary N) is 1. The average Bonchev–Trinajstić information content (AvgIpc) is 2.42. The molecule has 2 rings (SSSR count). The quantitative estimate of drug-likeness (QED) is 0.878. The molecule has 4 nitrogen and oxygen atoms in total. The number of nitrogens with zero attached hydrogens (tertiary/aromatic N) is 1. The monoisotopic (exact) mass is 317 g/mol. The Labute approximate surface area is 131 Å². The summed E-state index contributed by atoms with van der Waals surface area (Å²) < 4.78 is 0. The van der Waals surface area contributed by atoms with E-state index >= 15 is 0 Å². The van der Waals surface area contributed by atoms with Crippen LogP contribution in [0.2, 0.25) is 5.02 Å². The fraction of sp³-hybridized carbons (Fsp3) is 0.500. The van der Waals surface area contributed by atoms with Crippen LogP contribution in [0.25, 0.3) is 0 Å². The van der Waals surface area contributed by atoms with Gasteiger partial charge in [0.1, 0.15) is 0 Å². The van der Waals surface area contributed by atoms with E-state index < -0.39 is 0 Å². The van der Waals surface area contributed by atoms with Crippen molar-refractivity contribution in [2.75, 3.05) is 18.4 Å². The number of rotatable bonds is 2. The molecule has 1 aliphatic heterocycles. The van der Waals surface area contributed by atoms with Gasteiger partial charge in [-0.25, -0.2) is 4.79 Å². The number of carbonyl (C=O) groups is 1. The summed E-state index contributed by atoms with van der Waals surface area (Å²) in [4.78, 5) is 14.1. The van der Waals surface area contributed by atoms with Crippen LogP contribution >= 0.6 is 24.0 Å². The van der Waals surface area contributed by atoms with Gasteiger partial charge in [-0.05, 0) is 43.9 Å². The van der Waals surface area contributed by atoms with Crippen LogP contribution in [0.5, 0.6) is 0 Å². The molecule has 1 aromatic carbocycles. The van der Waals surface area contributed by atoms with Crippen LogP contribution in [0.4, 0.5) is 10.5 Å². The normalized spacial score (nSPS) is 18.4. The molecule has 1 fully saturated rings. The zero-order chi connectivity index (χ0) is 13.8. The third kappa shape index (κ3) is 4.01. The molecule has 1 heterocycles. The number of piperidine rings is 1. The number of hydrogen-bond donors (Lipinski definition) is 2. The molecule has 0 aromatic heterocycles. The van der Waals surface area contributed by atoms with E-state index in [1.165, 1.54) is 0 Å². The van der Waals surface area contributed by atoms with Gasteiger partial charge in [-0.15, -0.1) is 12.4 Å². The number of urea groups is 1. The minimum Gasteiger partial charge on any atom is -0.328 e. The Balaban J connectivity index is 0.00000200. The lowest BCUT2D eigenvalue weighted by Crippen LogP contribution is -2.49. The van der Waals surface area contributed by atoms with Gasteiger partial charge < -0.3 is 16.0 Å². The summed E-state index contributed by atoms with van der Waals surface area (Å²) in [6, 6.07) is 5.62. The third-order valence-corrected chi connectivity index (χ3v) is 3.85. The zero-order valence-corrected chi connectivity index (χ0v) is 13.1. The number of halogens is 2. The molecule has 20 heavy (non-hydrogen) atoms.